The maximum absolute atomic E-state index is 13.3. The normalized spacial score (nSPS) is 10.9. The van der Waals surface area contributed by atoms with Crippen LogP contribution in [0.15, 0.2) is 71.3 Å². The first kappa shape index (κ1) is 18.1. The molecule has 0 radical (unpaired) electrons. The Kier molecular flexibility index (Phi) is 5.20. The van der Waals surface area contributed by atoms with Crippen LogP contribution in [-0.4, -0.2) is 15.9 Å². The van der Waals surface area contributed by atoms with Crippen LogP contribution in [-0.2, 0) is 6.54 Å². The van der Waals surface area contributed by atoms with Gasteiger partial charge in [-0.1, -0.05) is 57.1 Å². The van der Waals surface area contributed by atoms with E-state index >= 15 is 0 Å². The SMILES string of the molecule is O=C(c1cccc(Br)c1)N(Cc1ccccn1)c1nc2c(Cl)cccc2s1. The van der Waals surface area contributed by atoms with Crippen LogP contribution < -0.4 is 4.90 Å². The van der Waals surface area contributed by atoms with Crippen molar-refractivity contribution in [3.05, 3.63) is 87.6 Å². The molecular weight excluding hydrogens is 446 g/mol. The average Bonchev–Trinajstić information content (AvgIpc) is 3.12. The van der Waals surface area contributed by atoms with Gasteiger partial charge in [-0.25, -0.2) is 4.98 Å². The molecule has 7 heteroatoms. The molecule has 0 aliphatic carbocycles. The van der Waals surface area contributed by atoms with Gasteiger partial charge in [0.2, 0.25) is 0 Å². The van der Waals surface area contributed by atoms with Gasteiger partial charge in [0.25, 0.3) is 5.91 Å². The third-order valence-electron chi connectivity index (χ3n) is 3.95. The predicted octanol–water partition coefficient (Wildman–Crippen LogP) is 5.95. The molecule has 0 bridgehead atoms. The van der Waals surface area contributed by atoms with Gasteiger partial charge in [-0.2, -0.15) is 0 Å². The van der Waals surface area contributed by atoms with Crippen molar-refractivity contribution in [1.29, 1.82) is 0 Å². The minimum atomic E-state index is -0.142. The summed E-state index contributed by atoms with van der Waals surface area (Å²) in [7, 11) is 0. The van der Waals surface area contributed by atoms with Crippen molar-refractivity contribution < 1.29 is 4.79 Å². The van der Waals surface area contributed by atoms with Gasteiger partial charge in [0.1, 0.15) is 5.52 Å². The van der Waals surface area contributed by atoms with Crippen LogP contribution in [0.25, 0.3) is 10.2 Å². The molecule has 4 nitrogen and oxygen atoms in total. The number of nitrogens with zero attached hydrogens (tertiary/aromatic N) is 3. The van der Waals surface area contributed by atoms with Gasteiger partial charge in [0, 0.05) is 16.2 Å². The molecule has 0 spiro atoms. The molecule has 0 saturated heterocycles. The summed E-state index contributed by atoms with van der Waals surface area (Å²) in [6.07, 6.45) is 1.71. The number of pyridine rings is 1. The van der Waals surface area contributed by atoms with E-state index in [9.17, 15) is 4.79 Å². The zero-order valence-electron chi connectivity index (χ0n) is 14.0. The number of halogens is 2. The van der Waals surface area contributed by atoms with Crippen LogP contribution in [0.4, 0.5) is 5.13 Å². The Balaban J connectivity index is 1.79. The second-order valence-corrected chi connectivity index (χ2v) is 8.14. The van der Waals surface area contributed by atoms with Gasteiger partial charge in [-0.3, -0.25) is 14.7 Å². The summed E-state index contributed by atoms with van der Waals surface area (Å²) in [6.45, 7) is 0.323. The Labute approximate surface area is 173 Å². The second kappa shape index (κ2) is 7.76. The molecule has 1 amide bonds. The summed E-state index contributed by atoms with van der Waals surface area (Å²) in [5.74, 6) is -0.142. The predicted molar refractivity (Wildman–Crippen MR) is 114 cm³/mol. The molecule has 134 valence electrons. The smallest absolute Gasteiger partial charge is 0.260 e. The number of amides is 1. The van der Waals surface area contributed by atoms with Gasteiger partial charge in [0.15, 0.2) is 5.13 Å². The topological polar surface area (TPSA) is 46.1 Å². The Morgan fingerprint density at radius 2 is 1.96 bits per heavy atom. The van der Waals surface area contributed by atoms with Crippen LogP contribution in [0, 0.1) is 0 Å². The van der Waals surface area contributed by atoms with Crippen LogP contribution in [0.3, 0.4) is 0 Å². The van der Waals surface area contributed by atoms with E-state index < -0.39 is 0 Å². The Hall–Kier alpha value is -2.28. The lowest BCUT2D eigenvalue weighted by atomic mass is 10.2. The van der Waals surface area contributed by atoms with E-state index in [0.717, 1.165) is 14.9 Å². The molecular formula is C20H13BrClN3OS. The third-order valence-corrected chi connectivity index (χ3v) is 5.79. The van der Waals surface area contributed by atoms with Crippen molar-refractivity contribution in [3.8, 4) is 0 Å². The summed E-state index contributed by atoms with van der Waals surface area (Å²) in [5.41, 5.74) is 2.06. The number of fused-ring (bicyclic) bond motifs is 1. The molecule has 0 unspecified atom stereocenters. The largest absolute Gasteiger partial charge is 0.278 e. The van der Waals surface area contributed by atoms with Crippen molar-refractivity contribution >= 4 is 60.1 Å². The van der Waals surface area contributed by atoms with E-state index in [0.29, 0.717) is 27.8 Å². The number of carbonyl (C=O) groups excluding carboxylic acids is 1. The minimum absolute atomic E-state index is 0.142. The Morgan fingerprint density at radius 1 is 1.11 bits per heavy atom. The number of hydrogen-bond donors (Lipinski definition) is 0. The lowest BCUT2D eigenvalue weighted by Gasteiger charge is -2.19. The number of benzene rings is 2. The zero-order chi connectivity index (χ0) is 18.8. The Bertz CT molecular complexity index is 1120. The summed E-state index contributed by atoms with van der Waals surface area (Å²) < 4.78 is 1.78. The maximum Gasteiger partial charge on any atom is 0.260 e. The van der Waals surface area contributed by atoms with Crippen molar-refractivity contribution in [3.63, 3.8) is 0 Å². The van der Waals surface area contributed by atoms with E-state index in [1.54, 1.807) is 29.3 Å². The molecule has 2 heterocycles. The Morgan fingerprint density at radius 3 is 2.70 bits per heavy atom. The van der Waals surface area contributed by atoms with E-state index in [2.05, 4.69) is 25.9 Å². The molecule has 0 aliphatic rings. The fourth-order valence-electron chi connectivity index (χ4n) is 2.68. The highest BCUT2D eigenvalue weighted by Gasteiger charge is 2.23. The lowest BCUT2D eigenvalue weighted by molar-refractivity contribution is 0.0984. The molecule has 4 rings (SSSR count). The number of para-hydroxylation sites is 1. The first-order valence-corrected chi connectivity index (χ1v) is 10.1. The van der Waals surface area contributed by atoms with Crippen molar-refractivity contribution in [1.82, 2.24) is 9.97 Å². The highest BCUT2D eigenvalue weighted by Crippen LogP contribution is 2.34. The fraction of sp³-hybridized carbons (Fsp3) is 0.0500. The van der Waals surface area contributed by atoms with Gasteiger partial charge in [-0.05, 0) is 42.5 Å². The molecule has 0 fully saturated rings. The molecule has 27 heavy (non-hydrogen) atoms. The number of carbonyl (C=O) groups is 1. The van der Waals surface area contributed by atoms with Crippen molar-refractivity contribution in [2.75, 3.05) is 4.90 Å². The zero-order valence-corrected chi connectivity index (χ0v) is 17.1. The van der Waals surface area contributed by atoms with E-state index in [1.807, 2.05) is 42.5 Å². The van der Waals surface area contributed by atoms with Gasteiger partial charge in [0.05, 0.1) is 22.0 Å². The minimum Gasteiger partial charge on any atom is -0.278 e. The molecule has 4 aromatic rings. The summed E-state index contributed by atoms with van der Waals surface area (Å²) in [4.78, 5) is 23.9. The summed E-state index contributed by atoms with van der Waals surface area (Å²) >= 11 is 11.1. The number of thiazole rings is 1. The summed E-state index contributed by atoms with van der Waals surface area (Å²) in [5, 5.41) is 1.16. The van der Waals surface area contributed by atoms with Gasteiger partial charge >= 0.3 is 0 Å². The molecule has 0 atom stereocenters. The first-order chi connectivity index (χ1) is 13.1. The number of aromatic nitrogens is 2. The fourth-order valence-corrected chi connectivity index (χ4v) is 4.34. The molecule has 0 saturated carbocycles. The van der Waals surface area contributed by atoms with E-state index in [4.69, 9.17) is 11.6 Å². The van der Waals surface area contributed by atoms with Crippen molar-refractivity contribution in [2.45, 2.75) is 6.54 Å². The third kappa shape index (κ3) is 3.88. The lowest BCUT2D eigenvalue weighted by Crippen LogP contribution is -2.30. The molecule has 2 aromatic carbocycles. The standard InChI is InChI=1S/C20H13BrClN3OS/c21-14-6-3-5-13(11-14)19(26)25(12-15-7-1-2-10-23-15)20-24-18-16(22)8-4-9-17(18)27-20/h1-11H,12H2. The highest BCUT2D eigenvalue weighted by atomic mass is 79.9. The first-order valence-electron chi connectivity index (χ1n) is 8.14. The maximum atomic E-state index is 13.3. The molecule has 0 aliphatic heterocycles. The van der Waals surface area contributed by atoms with Crippen LogP contribution >= 0.6 is 38.9 Å². The monoisotopic (exact) mass is 457 g/mol. The number of anilines is 1. The number of rotatable bonds is 4. The number of hydrogen-bond acceptors (Lipinski definition) is 4. The highest BCUT2D eigenvalue weighted by molar-refractivity contribution is 9.10. The van der Waals surface area contributed by atoms with Crippen LogP contribution in [0.2, 0.25) is 5.02 Å². The second-order valence-electron chi connectivity index (χ2n) is 5.81. The molecule has 0 N–H and O–H groups in total. The van der Waals surface area contributed by atoms with E-state index in [1.165, 1.54) is 11.3 Å². The summed E-state index contributed by atoms with van der Waals surface area (Å²) in [6, 6.07) is 18.6. The quantitative estimate of drug-likeness (QED) is 0.379. The van der Waals surface area contributed by atoms with E-state index in [-0.39, 0.29) is 5.91 Å². The average molecular weight is 459 g/mol. The van der Waals surface area contributed by atoms with Gasteiger partial charge in [-0.15, -0.1) is 0 Å². The van der Waals surface area contributed by atoms with Gasteiger partial charge < -0.3 is 0 Å². The van der Waals surface area contributed by atoms with Crippen LogP contribution in [0.5, 0.6) is 0 Å². The molecule has 2 aromatic heterocycles. The van der Waals surface area contributed by atoms with Crippen molar-refractivity contribution in [2.24, 2.45) is 0 Å². The van der Waals surface area contributed by atoms with Crippen LogP contribution in [0.1, 0.15) is 16.1 Å².